The lowest BCUT2D eigenvalue weighted by atomic mass is 10.5. The van der Waals surface area contributed by atoms with E-state index in [1.165, 1.54) is 0 Å². The Balaban J connectivity index is 2.29. The van der Waals surface area contributed by atoms with Gasteiger partial charge in [0.2, 0.25) is 0 Å². The first-order valence-corrected chi connectivity index (χ1v) is 5.72. The van der Waals surface area contributed by atoms with Crippen molar-refractivity contribution in [3.05, 3.63) is 0 Å². The molecule has 13 heavy (non-hydrogen) atoms. The van der Waals surface area contributed by atoms with Gasteiger partial charge in [0.05, 0.1) is 6.61 Å². The van der Waals surface area contributed by atoms with E-state index in [0.29, 0.717) is 6.61 Å². The zero-order chi connectivity index (χ0) is 9.68. The second-order valence-corrected chi connectivity index (χ2v) is 4.70. The van der Waals surface area contributed by atoms with Gasteiger partial charge in [-0.3, -0.25) is 4.79 Å². The summed E-state index contributed by atoms with van der Waals surface area (Å²) in [6.45, 7) is 2.82. The van der Waals surface area contributed by atoms with E-state index in [1.54, 1.807) is 18.7 Å². The van der Waals surface area contributed by atoms with Crippen LogP contribution in [0.2, 0.25) is 0 Å². The molecule has 5 heteroatoms. The molecule has 1 heterocycles. The maximum atomic E-state index is 11.1. The Bertz CT molecular complexity index is 167. The van der Waals surface area contributed by atoms with Gasteiger partial charge in [0.25, 0.3) is 0 Å². The molecule has 76 valence electrons. The van der Waals surface area contributed by atoms with Crippen molar-refractivity contribution in [3.63, 3.8) is 0 Å². The standard InChI is InChI=1S/C8H13ClO3S/c1-6(9)8(10)12-7-5-11-3-2-4-13-7/h6-7H,2-5H2,1H3. The topological polar surface area (TPSA) is 35.5 Å². The number of carbonyl (C=O) groups is 1. The van der Waals surface area contributed by atoms with Crippen molar-refractivity contribution in [2.45, 2.75) is 24.2 Å². The number of ether oxygens (including phenoxy) is 2. The van der Waals surface area contributed by atoms with Crippen LogP contribution in [-0.2, 0) is 14.3 Å². The van der Waals surface area contributed by atoms with Crippen LogP contribution in [0.4, 0.5) is 0 Å². The van der Waals surface area contributed by atoms with Gasteiger partial charge in [-0.25, -0.2) is 0 Å². The number of thioether (sulfide) groups is 1. The minimum atomic E-state index is -0.580. The molecule has 1 aliphatic rings. The van der Waals surface area contributed by atoms with E-state index in [9.17, 15) is 4.79 Å². The predicted octanol–water partition coefficient (Wildman–Crippen LogP) is 1.64. The van der Waals surface area contributed by atoms with E-state index in [4.69, 9.17) is 21.1 Å². The van der Waals surface area contributed by atoms with Gasteiger partial charge >= 0.3 is 5.97 Å². The van der Waals surface area contributed by atoms with Crippen LogP contribution in [0.1, 0.15) is 13.3 Å². The van der Waals surface area contributed by atoms with E-state index in [-0.39, 0.29) is 11.4 Å². The highest BCUT2D eigenvalue weighted by Crippen LogP contribution is 2.18. The first kappa shape index (κ1) is 11.1. The molecule has 3 nitrogen and oxygen atoms in total. The Labute approximate surface area is 87.1 Å². The lowest BCUT2D eigenvalue weighted by molar-refractivity contribution is -0.146. The number of esters is 1. The SMILES string of the molecule is CC(Cl)C(=O)OC1COCCCS1. The Morgan fingerprint density at radius 3 is 3.23 bits per heavy atom. The summed E-state index contributed by atoms with van der Waals surface area (Å²) >= 11 is 7.17. The van der Waals surface area contributed by atoms with Crippen molar-refractivity contribution in [1.29, 1.82) is 0 Å². The quantitative estimate of drug-likeness (QED) is 0.528. The third kappa shape index (κ3) is 4.20. The van der Waals surface area contributed by atoms with Crippen molar-refractivity contribution < 1.29 is 14.3 Å². The van der Waals surface area contributed by atoms with Crippen molar-refractivity contribution in [1.82, 2.24) is 0 Å². The predicted molar refractivity (Wildman–Crippen MR) is 53.1 cm³/mol. The average Bonchev–Trinajstić information content (AvgIpc) is 2.32. The normalized spacial score (nSPS) is 26.2. The largest absolute Gasteiger partial charge is 0.448 e. The first-order chi connectivity index (χ1) is 6.20. The molecule has 0 amide bonds. The van der Waals surface area contributed by atoms with Gasteiger partial charge in [-0.2, -0.15) is 0 Å². The number of hydrogen-bond acceptors (Lipinski definition) is 4. The fourth-order valence-electron chi connectivity index (χ4n) is 0.895. The van der Waals surface area contributed by atoms with Gasteiger partial charge in [-0.1, -0.05) is 0 Å². The number of halogens is 1. The average molecular weight is 225 g/mol. The Kier molecular flexibility index (Phi) is 4.91. The van der Waals surface area contributed by atoms with Crippen LogP contribution in [0.15, 0.2) is 0 Å². The monoisotopic (exact) mass is 224 g/mol. The molecule has 0 aromatic carbocycles. The molecule has 0 aromatic heterocycles. The molecule has 2 atom stereocenters. The van der Waals surface area contributed by atoms with Crippen LogP contribution in [0.25, 0.3) is 0 Å². The van der Waals surface area contributed by atoms with Gasteiger partial charge < -0.3 is 9.47 Å². The van der Waals surface area contributed by atoms with E-state index in [0.717, 1.165) is 18.8 Å². The number of rotatable bonds is 2. The van der Waals surface area contributed by atoms with E-state index >= 15 is 0 Å². The van der Waals surface area contributed by atoms with Gasteiger partial charge in [0.15, 0.2) is 5.44 Å². The Morgan fingerprint density at radius 1 is 1.77 bits per heavy atom. The zero-order valence-electron chi connectivity index (χ0n) is 7.49. The highest BCUT2D eigenvalue weighted by molar-refractivity contribution is 7.99. The molecule has 1 rings (SSSR count). The number of hydrogen-bond donors (Lipinski definition) is 0. The molecule has 0 aromatic rings. The van der Waals surface area contributed by atoms with Crippen LogP contribution in [0.3, 0.4) is 0 Å². The summed E-state index contributed by atoms with van der Waals surface area (Å²) in [6.07, 6.45) is 1.01. The van der Waals surface area contributed by atoms with Gasteiger partial charge in [-0.15, -0.1) is 23.4 Å². The van der Waals surface area contributed by atoms with Crippen molar-refractivity contribution in [2.24, 2.45) is 0 Å². The highest BCUT2D eigenvalue weighted by atomic mass is 35.5. The third-order valence-electron chi connectivity index (χ3n) is 1.56. The summed E-state index contributed by atoms with van der Waals surface area (Å²) < 4.78 is 10.3. The summed E-state index contributed by atoms with van der Waals surface area (Å²) in [5, 5.41) is -0.580. The van der Waals surface area contributed by atoms with E-state index in [2.05, 4.69) is 0 Å². The second-order valence-electron chi connectivity index (χ2n) is 2.78. The van der Waals surface area contributed by atoms with Gasteiger partial charge in [-0.05, 0) is 19.1 Å². The summed E-state index contributed by atoms with van der Waals surface area (Å²) in [5.74, 6) is 0.596. The molecule has 0 N–H and O–H groups in total. The Morgan fingerprint density at radius 2 is 2.54 bits per heavy atom. The molecule has 0 spiro atoms. The summed E-state index contributed by atoms with van der Waals surface area (Å²) in [7, 11) is 0. The summed E-state index contributed by atoms with van der Waals surface area (Å²) in [6, 6.07) is 0. The lowest BCUT2D eigenvalue weighted by Gasteiger charge is -2.14. The molecule has 0 aliphatic carbocycles. The van der Waals surface area contributed by atoms with Crippen LogP contribution < -0.4 is 0 Å². The van der Waals surface area contributed by atoms with Crippen LogP contribution in [-0.4, -0.2) is 35.7 Å². The van der Waals surface area contributed by atoms with Crippen LogP contribution in [0, 0.1) is 0 Å². The van der Waals surface area contributed by atoms with Crippen LogP contribution in [0.5, 0.6) is 0 Å². The van der Waals surface area contributed by atoms with Crippen LogP contribution >= 0.6 is 23.4 Å². The highest BCUT2D eigenvalue weighted by Gasteiger charge is 2.20. The number of carbonyl (C=O) groups excluding carboxylic acids is 1. The molecule has 1 fully saturated rings. The minimum absolute atomic E-state index is 0.184. The van der Waals surface area contributed by atoms with Crippen molar-refractivity contribution >= 4 is 29.3 Å². The third-order valence-corrected chi connectivity index (χ3v) is 2.87. The van der Waals surface area contributed by atoms with E-state index < -0.39 is 5.38 Å². The fourth-order valence-corrected chi connectivity index (χ4v) is 1.85. The van der Waals surface area contributed by atoms with Gasteiger partial charge in [0.1, 0.15) is 5.38 Å². The van der Waals surface area contributed by atoms with E-state index in [1.807, 2.05) is 0 Å². The number of alkyl halides is 1. The molecule has 2 unspecified atom stereocenters. The van der Waals surface area contributed by atoms with Crippen molar-refractivity contribution in [3.8, 4) is 0 Å². The first-order valence-electron chi connectivity index (χ1n) is 4.24. The molecule has 0 radical (unpaired) electrons. The maximum Gasteiger partial charge on any atom is 0.324 e. The zero-order valence-corrected chi connectivity index (χ0v) is 9.07. The molecular weight excluding hydrogens is 212 g/mol. The van der Waals surface area contributed by atoms with Gasteiger partial charge in [0, 0.05) is 6.61 Å². The summed E-state index contributed by atoms with van der Waals surface area (Å²) in [5.41, 5.74) is -0.184. The minimum Gasteiger partial charge on any atom is -0.448 e. The molecular formula is C8H13ClO3S. The summed E-state index contributed by atoms with van der Waals surface area (Å²) in [4.78, 5) is 11.1. The molecule has 0 saturated carbocycles. The molecule has 1 saturated heterocycles. The molecule has 1 aliphatic heterocycles. The maximum absolute atomic E-state index is 11.1. The molecule has 0 bridgehead atoms. The van der Waals surface area contributed by atoms with Crippen molar-refractivity contribution in [2.75, 3.05) is 19.0 Å². The lowest BCUT2D eigenvalue weighted by Crippen LogP contribution is -2.23. The smallest absolute Gasteiger partial charge is 0.324 e. The second kappa shape index (κ2) is 5.73. The fraction of sp³-hybridized carbons (Fsp3) is 0.875. The Hall–Kier alpha value is 0.0700.